The number of ether oxygens (including phenoxy) is 1. The molecule has 1 N–H and O–H groups in total. The molecule has 2 heterocycles. The summed E-state index contributed by atoms with van der Waals surface area (Å²) < 4.78 is 5.62. The zero-order valence-corrected chi connectivity index (χ0v) is 12.8. The summed E-state index contributed by atoms with van der Waals surface area (Å²) in [5.41, 5.74) is -0.182. The Hall–Kier alpha value is -1.12. The Morgan fingerprint density at radius 2 is 2.42 bits per heavy atom. The van der Waals surface area contributed by atoms with Gasteiger partial charge in [-0.25, -0.2) is 9.78 Å². The van der Waals surface area contributed by atoms with Crippen molar-refractivity contribution in [1.29, 1.82) is 0 Å². The first-order valence-corrected chi connectivity index (χ1v) is 7.39. The van der Waals surface area contributed by atoms with Gasteiger partial charge in [-0.15, -0.1) is 0 Å². The molecule has 19 heavy (non-hydrogen) atoms. The number of halogens is 1. The lowest BCUT2D eigenvalue weighted by molar-refractivity contribution is -0.145. The second-order valence-electron chi connectivity index (χ2n) is 4.33. The number of piperidine rings is 1. The Labute approximate surface area is 124 Å². The highest BCUT2D eigenvalue weighted by Gasteiger charge is 2.32. The third-order valence-corrected chi connectivity index (χ3v) is 4.08. The molecule has 1 saturated heterocycles. The normalized spacial score (nSPS) is 19.3. The highest BCUT2D eigenvalue weighted by atomic mass is 127. The van der Waals surface area contributed by atoms with E-state index in [1.165, 1.54) is 6.33 Å². The molecule has 7 heteroatoms. The Morgan fingerprint density at radius 3 is 3.16 bits per heavy atom. The molecule has 2 rings (SSSR count). The van der Waals surface area contributed by atoms with E-state index in [1.54, 1.807) is 6.92 Å². The fraction of sp³-hybridized carbons (Fsp3) is 0.583. The summed E-state index contributed by atoms with van der Waals surface area (Å²) in [6.45, 7) is 2.87. The Morgan fingerprint density at radius 1 is 1.63 bits per heavy atom. The predicted molar refractivity (Wildman–Crippen MR) is 79.2 cm³/mol. The molecule has 0 amide bonds. The minimum Gasteiger partial charge on any atom is -0.464 e. The second kappa shape index (κ2) is 6.36. The van der Waals surface area contributed by atoms with Gasteiger partial charge in [-0.05, 0) is 48.8 Å². The van der Waals surface area contributed by atoms with Crippen molar-refractivity contribution in [3.63, 3.8) is 0 Å². The quantitative estimate of drug-likeness (QED) is 0.635. The average Bonchev–Trinajstić information content (AvgIpc) is 2.42. The minimum atomic E-state index is -0.337. The van der Waals surface area contributed by atoms with E-state index in [0.29, 0.717) is 16.0 Å². The third-order valence-electron chi connectivity index (χ3n) is 3.11. The topological polar surface area (TPSA) is 75.3 Å². The zero-order valence-electron chi connectivity index (χ0n) is 10.7. The number of anilines is 1. The van der Waals surface area contributed by atoms with Crippen LogP contribution in [0.1, 0.15) is 26.2 Å². The van der Waals surface area contributed by atoms with Crippen LogP contribution in [0.3, 0.4) is 0 Å². The second-order valence-corrected chi connectivity index (χ2v) is 5.41. The molecular weight excluding hydrogens is 361 g/mol. The van der Waals surface area contributed by atoms with Gasteiger partial charge in [0.1, 0.15) is 15.4 Å². The maximum atomic E-state index is 12.0. The van der Waals surface area contributed by atoms with Gasteiger partial charge in [0.2, 0.25) is 0 Å². The first-order valence-electron chi connectivity index (χ1n) is 6.31. The average molecular weight is 377 g/mol. The third kappa shape index (κ3) is 3.07. The summed E-state index contributed by atoms with van der Waals surface area (Å²) in [4.78, 5) is 32.3. The van der Waals surface area contributed by atoms with Crippen LogP contribution < -0.4 is 10.5 Å². The zero-order chi connectivity index (χ0) is 13.8. The van der Waals surface area contributed by atoms with Gasteiger partial charge in [-0.1, -0.05) is 0 Å². The van der Waals surface area contributed by atoms with Crippen LogP contribution in [0, 0.1) is 3.57 Å². The molecule has 0 radical (unpaired) electrons. The monoisotopic (exact) mass is 377 g/mol. The summed E-state index contributed by atoms with van der Waals surface area (Å²) in [6, 6.07) is -0.337. The van der Waals surface area contributed by atoms with Crippen LogP contribution in [0.2, 0.25) is 0 Å². The lowest BCUT2D eigenvalue weighted by Gasteiger charge is -2.35. The van der Waals surface area contributed by atoms with E-state index in [4.69, 9.17) is 4.74 Å². The molecule has 0 bridgehead atoms. The molecule has 6 nitrogen and oxygen atoms in total. The maximum absolute atomic E-state index is 12.0. The summed E-state index contributed by atoms with van der Waals surface area (Å²) in [7, 11) is 0. The van der Waals surface area contributed by atoms with Crippen LogP contribution in [0.15, 0.2) is 11.1 Å². The number of hydrogen-bond acceptors (Lipinski definition) is 5. The molecule has 1 unspecified atom stereocenters. The molecule has 1 fully saturated rings. The largest absolute Gasteiger partial charge is 0.464 e. The number of H-pyrrole nitrogens is 1. The standard InChI is InChI=1S/C12H16IN3O3/c1-2-19-12(18)8-5-3-4-6-16(8)10-9(13)11(17)15-7-14-10/h7-8H,2-6H2,1H3,(H,14,15,17). The molecular formula is C12H16IN3O3. The Kier molecular flexibility index (Phi) is 4.78. The molecule has 1 aliphatic rings. The van der Waals surface area contributed by atoms with Gasteiger partial charge >= 0.3 is 5.97 Å². The number of nitrogens with one attached hydrogen (secondary N) is 1. The highest BCUT2D eigenvalue weighted by Crippen LogP contribution is 2.25. The van der Waals surface area contributed by atoms with Gasteiger partial charge < -0.3 is 14.6 Å². The molecule has 0 spiro atoms. The van der Waals surface area contributed by atoms with Crippen LogP contribution in [0.25, 0.3) is 0 Å². The molecule has 1 aromatic rings. The summed E-state index contributed by atoms with van der Waals surface area (Å²) >= 11 is 1.96. The van der Waals surface area contributed by atoms with E-state index < -0.39 is 0 Å². The Balaban J connectivity index is 2.31. The molecule has 0 aliphatic carbocycles. The number of nitrogens with zero attached hydrogens (tertiary/aromatic N) is 2. The van der Waals surface area contributed by atoms with Crippen molar-refractivity contribution in [2.75, 3.05) is 18.1 Å². The highest BCUT2D eigenvalue weighted by molar-refractivity contribution is 14.1. The van der Waals surface area contributed by atoms with Gasteiger partial charge in [-0.3, -0.25) is 4.79 Å². The van der Waals surface area contributed by atoms with E-state index >= 15 is 0 Å². The Bertz CT molecular complexity index is 517. The lowest BCUT2D eigenvalue weighted by Crippen LogP contribution is -2.47. The summed E-state index contributed by atoms with van der Waals surface area (Å²) in [6.07, 6.45) is 4.08. The fourth-order valence-corrected chi connectivity index (χ4v) is 2.85. The first-order chi connectivity index (χ1) is 9.15. The van der Waals surface area contributed by atoms with Gasteiger partial charge in [0.25, 0.3) is 5.56 Å². The fourth-order valence-electron chi connectivity index (χ4n) is 2.24. The van der Waals surface area contributed by atoms with E-state index in [2.05, 4.69) is 9.97 Å². The number of aromatic amines is 1. The van der Waals surface area contributed by atoms with E-state index in [9.17, 15) is 9.59 Å². The van der Waals surface area contributed by atoms with Crippen LogP contribution in [-0.4, -0.2) is 35.1 Å². The number of rotatable bonds is 3. The van der Waals surface area contributed by atoms with Crippen LogP contribution in [0.5, 0.6) is 0 Å². The van der Waals surface area contributed by atoms with Crippen molar-refractivity contribution in [3.05, 3.63) is 20.3 Å². The number of hydrogen-bond donors (Lipinski definition) is 1. The van der Waals surface area contributed by atoms with Crippen molar-refractivity contribution in [3.8, 4) is 0 Å². The summed E-state index contributed by atoms with van der Waals surface area (Å²) in [5.74, 6) is 0.335. The van der Waals surface area contributed by atoms with E-state index in [0.717, 1.165) is 25.8 Å². The number of carbonyl (C=O) groups is 1. The van der Waals surface area contributed by atoms with Crippen molar-refractivity contribution in [1.82, 2.24) is 9.97 Å². The molecule has 1 aromatic heterocycles. The van der Waals surface area contributed by atoms with Gasteiger partial charge in [0.15, 0.2) is 0 Å². The predicted octanol–water partition coefficient (Wildman–Crippen LogP) is 1.30. The van der Waals surface area contributed by atoms with Crippen LogP contribution in [0.4, 0.5) is 5.82 Å². The number of esters is 1. The molecule has 0 saturated carbocycles. The summed E-state index contributed by atoms with van der Waals surface area (Å²) in [5, 5.41) is 0. The maximum Gasteiger partial charge on any atom is 0.328 e. The SMILES string of the molecule is CCOC(=O)C1CCCCN1c1nc[nH]c(=O)c1I. The first kappa shape index (κ1) is 14.3. The minimum absolute atomic E-state index is 0.182. The smallest absolute Gasteiger partial charge is 0.328 e. The van der Waals surface area contributed by atoms with E-state index in [1.807, 2.05) is 27.5 Å². The lowest BCUT2D eigenvalue weighted by atomic mass is 10.0. The van der Waals surface area contributed by atoms with Gasteiger partial charge in [0.05, 0.1) is 12.9 Å². The van der Waals surface area contributed by atoms with Gasteiger partial charge in [0, 0.05) is 6.54 Å². The molecule has 1 aliphatic heterocycles. The van der Waals surface area contributed by atoms with Crippen molar-refractivity contribution >= 4 is 34.4 Å². The molecule has 104 valence electrons. The number of aromatic nitrogens is 2. The molecule has 1 atom stereocenters. The van der Waals surface area contributed by atoms with Gasteiger partial charge in [-0.2, -0.15) is 0 Å². The van der Waals surface area contributed by atoms with Crippen LogP contribution in [-0.2, 0) is 9.53 Å². The molecule has 0 aromatic carbocycles. The van der Waals surface area contributed by atoms with E-state index in [-0.39, 0.29) is 17.6 Å². The van der Waals surface area contributed by atoms with Crippen molar-refractivity contribution in [2.24, 2.45) is 0 Å². The number of carbonyl (C=O) groups excluding carboxylic acids is 1. The van der Waals surface area contributed by atoms with Crippen molar-refractivity contribution < 1.29 is 9.53 Å². The van der Waals surface area contributed by atoms with Crippen LogP contribution >= 0.6 is 22.6 Å². The van der Waals surface area contributed by atoms with Crippen molar-refractivity contribution in [2.45, 2.75) is 32.2 Å².